The van der Waals surface area contributed by atoms with Gasteiger partial charge in [-0.15, -0.1) is 0 Å². The zero-order chi connectivity index (χ0) is 31.5. The monoisotopic (exact) mass is 647 g/mol. The molecule has 44 heavy (non-hydrogen) atoms. The van der Waals surface area contributed by atoms with Crippen LogP contribution in [0, 0.1) is 10.1 Å². The summed E-state index contributed by atoms with van der Waals surface area (Å²) in [7, 11) is -2.43. The van der Waals surface area contributed by atoms with E-state index in [1.807, 2.05) is 16.8 Å². The van der Waals surface area contributed by atoms with Gasteiger partial charge in [0.15, 0.2) is 5.76 Å². The molecule has 0 aliphatic carbocycles. The maximum absolute atomic E-state index is 13.2. The predicted molar refractivity (Wildman–Crippen MR) is 162 cm³/mol. The van der Waals surface area contributed by atoms with Gasteiger partial charge >= 0.3 is 0 Å². The summed E-state index contributed by atoms with van der Waals surface area (Å²) in [5, 5.41) is 30.0. The van der Waals surface area contributed by atoms with E-state index in [4.69, 9.17) is 14.2 Å². The number of anilines is 1. The molecule has 0 bridgehead atoms. The summed E-state index contributed by atoms with van der Waals surface area (Å²) in [4.78, 5) is 27.3. The molecule has 16 heteroatoms. The fourth-order valence-corrected chi connectivity index (χ4v) is 6.48. The summed E-state index contributed by atoms with van der Waals surface area (Å²) in [5.74, 6) is 0.388. The summed E-state index contributed by atoms with van der Waals surface area (Å²) in [6.45, 7) is -0.0777. The first-order chi connectivity index (χ1) is 21.2. The molecule has 1 aromatic carbocycles. The molecule has 14 nitrogen and oxygen atoms in total. The van der Waals surface area contributed by atoms with Gasteiger partial charge in [0.05, 0.1) is 30.1 Å². The highest BCUT2D eigenvalue weighted by molar-refractivity contribution is 7.89. The van der Waals surface area contributed by atoms with E-state index in [9.17, 15) is 28.4 Å². The fourth-order valence-electron chi connectivity index (χ4n) is 4.34. The number of thiophene rings is 1. The van der Waals surface area contributed by atoms with E-state index in [2.05, 4.69) is 15.6 Å². The first-order valence-electron chi connectivity index (χ1n) is 13.6. The molecule has 1 aliphatic heterocycles. The topological polar surface area (TPSA) is 182 Å². The number of nitro groups is 1. The number of methoxy groups -OCH3 is 1. The van der Waals surface area contributed by atoms with E-state index in [1.165, 1.54) is 42.7 Å². The molecule has 0 radical (unpaired) electrons. The van der Waals surface area contributed by atoms with Gasteiger partial charge in [-0.05, 0) is 58.8 Å². The molecule has 4 rings (SSSR count). The third kappa shape index (κ3) is 8.73. The number of aromatic nitrogens is 1. The van der Waals surface area contributed by atoms with E-state index in [1.54, 1.807) is 18.2 Å². The second-order valence-electron chi connectivity index (χ2n) is 9.49. The molecular weight excluding hydrogens is 614 g/mol. The summed E-state index contributed by atoms with van der Waals surface area (Å²) in [6, 6.07) is 10.7. The number of aliphatic hydroxyl groups excluding tert-OH is 1. The quantitative estimate of drug-likeness (QED) is 0.118. The Morgan fingerprint density at radius 1 is 1.20 bits per heavy atom. The van der Waals surface area contributed by atoms with E-state index < -0.39 is 27.1 Å². The van der Waals surface area contributed by atoms with Crippen LogP contribution in [0.4, 0.5) is 11.5 Å². The molecule has 0 spiro atoms. The number of allylic oxidation sites excluding steroid dienone is 1. The number of hydrogen-bond donors (Lipinski definition) is 3. The molecular formula is C28H33N5O9S2. The van der Waals surface area contributed by atoms with Crippen molar-refractivity contribution >= 4 is 38.8 Å². The Hall–Kier alpha value is -4.09. The van der Waals surface area contributed by atoms with Gasteiger partial charge in [-0.3, -0.25) is 14.9 Å². The molecule has 1 amide bonds. The van der Waals surface area contributed by atoms with Gasteiger partial charge < -0.3 is 30.0 Å². The summed E-state index contributed by atoms with van der Waals surface area (Å²) in [6.07, 6.45) is 2.46. The van der Waals surface area contributed by atoms with Gasteiger partial charge in [0.1, 0.15) is 17.8 Å². The zero-order valence-electron chi connectivity index (χ0n) is 23.8. The molecule has 0 saturated heterocycles. The van der Waals surface area contributed by atoms with Crippen LogP contribution in [0.5, 0.6) is 5.75 Å². The minimum atomic E-state index is -3.92. The number of rotatable bonds is 16. The first-order valence-corrected chi connectivity index (χ1v) is 16.0. The minimum absolute atomic E-state index is 0.0442. The van der Waals surface area contributed by atoms with Crippen LogP contribution in [-0.4, -0.2) is 86.4 Å². The minimum Gasteiger partial charge on any atom is -0.497 e. The Morgan fingerprint density at radius 3 is 2.64 bits per heavy atom. The summed E-state index contributed by atoms with van der Waals surface area (Å²) in [5.41, 5.74) is 0.870. The van der Waals surface area contributed by atoms with Crippen molar-refractivity contribution < 1.29 is 37.5 Å². The number of ether oxygens (including phenoxy) is 3. The number of carbonyl (C=O) groups is 1. The standard InChI is InChI=1S/C28H33N5O9S2/c1-40-23-3-5-24(6-4-23)44(38,39)32(11-13-34)12-14-41-27-17-21(20-8-15-43-19-20)16-25(42-27)28(35)30-10-9-29-26-7-2-22(18-31-26)33(36)37/h2-8,15-16,18-19,21,27,34H,9-14,17H2,1H3,(H,29,31)(H,30,35)/t21-,27+/m1/s1. The van der Waals surface area contributed by atoms with Crippen LogP contribution in [0.2, 0.25) is 0 Å². The highest BCUT2D eigenvalue weighted by Gasteiger charge is 2.30. The van der Waals surface area contributed by atoms with Gasteiger partial charge in [0.25, 0.3) is 11.6 Å². The Kier molecular flexibility index (Phi) is 11.6. The highest BCUT2D eigenvalue weighted by atomic mass is 32.2. The van der Waals surface area contributed by atoms with Crippen LogP contribution in [-0.2, 0) is 24.3 Å². The highest BCUT2D eigenvalue weighted by Crippen LogP contribution is 2.32. The van der Waals surface area contributed by atoms with Gasteiger partial charge in [-0.1, -0.05) is 0 Å². The van der Waals surface area contributed by atoms with Crippen molar-refractivity contribution in [2.24, 2.45) is 0 Å². The second-order valence-corrected chi connectivity index (χ2v) is 12.2. The van der Waals surface area contributed by atoms with Gasteiger partial charge in [-0.25, -0.2) is 13.4 Å². The number of amides is 1. The lowest BCUT2D eigenvalue weighted by Crippen LogP contribution is -2.38. The smallest absolute Gasteiger partial charge is 0.287 e. The average molecular weight is 648 g/mol. The van der Waals surface area contributed by atoms with Crippen LogP contribution in [0.3, 0.4) is 0 Å². The Balaban J connectivity index is 1.34. The molecule has 3 aromatic rings. The van der Waals surface area contributed by atoms with Crippen LogP contribution in [0.1, 0.15) is 17.9 Å². The zero-order valence-corrected chi connectivity index (χ0v) is 25.5. The molecule has 0 unspecified atom stereocenters. The molecule has 2 atom stereocenters. The molecule has 0 saturated carbocycles. The van der Waals surface area contributed by atoms with E-state index in [-0.39, 0.29) is 55.1 Å². The maximum Gasteiger partial charge on any atom is 0.287 e. The Morgan fingerprint density at radius 2 is 2.00 bits per heavy atom. The summed E-state index contributed by atoms with van der Waals surface area (Å²) >= 11 is 1.52. The van der Waals surface area contributed by atoms with Crippen molar-refractivity contribution in [1.82, 2.24) is 14.6 Å². The molecule has 0 fully saturated rings. The van der Waals surface area contributed by atoms with Crippen molar-refractivity contribution in [1.29, 1.82) is 0 Å². The summed E-state index contributed by atoms with van der Waals surface area (Å²) < 4.78 is 44.4. The largest absolute Gasteiger partial charge is 0.497 e. The van der Waals surface area contributed by atoms with Crippen LogP contribution in [0.25, 0.3) is 0 Å². The molecule has 2 aromatic heterocycles. The van der Waals surface area contributed by atoms with E-state index >= 15 is 0 Å². The number of sulfonamides is 1. The van der Waals surface area contributed by atoms with Crippen LogP contribution in [0.15, 0.2) is 76.2 Å². The van der Waals surface area contributed by atoms with Gasteiger partial charge in [0, 0.05) is 44.6 Å². The average Bonchev–Trinajstić information content (AvgIpc) is 3.58. The fraction of sp³-hybridized carbons (Fsp3) is 0.357. The van der Waals surface area contributed by atoms with E-state index in [0.29, 0.717) is 24.5 Å². The lowest BCUT2D eigenvalue weighted by molar-refractivity contribution is -0.385. The number of pyridine rings is 1. The van der Waals surface area contributed by atoms with Crippen molar-refractivity contribution in [3.05, 3.63) is 86.9 Å². The SMILES string of the molecule is COc1ccc(S(=O)(=O)N(CCO)CCO[C@@H]2C[C@H](c3ccsc3)C=C(C(=O)NCCNc3ccc([N+](=O)[O-])cn3)O2)cc1. The van der Waals surface area contributed by atoms with Crippen molar-refractivity contribution in [3.8, 4) is 5.75 Å². The Bertz CT molecular complexity index is 1520. The first kappa shape index (κ1) is 32.8. The normalized spacial score (nSPS) is 16.6. The number of benzene rings is 1. The number of nitrogens with one attached hydrogen (secondary N) is 2. The molecule has 3 heterocycles. The van der Waals surface area contributed by atoms with E-state index in [0.717, 1.165) is 16.1 Å². The van der Waals surface area contributed by atoms with Crippen LogP contribution < -0.4 is 15.4 Å². The lowest BCUT2D eigenvalue weighted by atomic mass is 9.95. The van der Waals surface area contributed by atoms with Crippen LogP contribution >= 0.6 is 11.3 Å². The lowest BCUT2D eigenvalue weighted by Gasteiger charge is -2.30. The molecule has 1 aliphatic rings. The predicted octanol–water partition coefficient (Wildman–Crippen LogP) is 2.70. The van der Waals surface area contributed by atoms with Crippen molar-refractivity contribution in [2.45, 2.75) is 23.5 Å². The van der Waals surface area contributed by atoms with Crippen molar-refractivity contribution in [3.63, 3.8) is 0 Å². The third-order valence-electron chi connectivity index (χ3n) is 6.62. The number of carbonyl (C=O) groups excluding carboxylic acids is 1. The third-order valence-corrected chi connectivity index (χ3v) is 9.23. The Labute approximate surface area is 258 Å². The van der Waals surface area contributed by atoms with Gasteiger partial charge in [-0.2, -0.15) is 15.6 Å². The maximum atomic E-state index is 13.2. The van der Waals surface area contributed by atoms with Gasteiger partial charge in [0.2, 0.25) is 16.3 Å². The number of nitrogens with zero attached hydrogens (tertiary/aromatic N) is 3. The number of hydrogen-bond acceptors (Lipinski definition) is 12. The van der Waals surface area contributed by atoms with Crippen molar-refractivity contribution in [2.75, 3.05) is 51.8 Å². The second kappa shape index (κ2) is 15.6. The molecule has 236 valence electrons. The number of aliphatic hydroxyl groups is 1. The molecule has 3 N–H and O–H groups in total.